The van der Waals surface area contributed by atoms with Crippen molar-refractivity contribution in [2.45, 2.75) is 33.0 Å². The molecule has 2 aromatic carbocycles. The van der Waals surface area contributed by atoms with Crippen LogP contribution in [0.3, 0.4) is 0 Å². The smallest absolute Gasteiger partial charge is 0.347 e. The third kappa shape index (κ3) is 5.74. The summed E-state index contributed by atoms with van der Waals surface area (Å²) in [6, 6.07) is 15.3. The quantitative estimate of drug-likeness (QED) is 0.704. The molecule has 1 N–H and O–H groups in total. The number of rotatable bonds is 8. The van der Waals surface area contributed by atoms with E-state index in [0.717, 1.165) is 0 Å². The molecule has 146 valence electrons. The number of ether oxygens (including phenoxy) is 3. The first-order valence-corrected chi connectivity index (χ1v) is 8.84. The number of nitrogens with zero attached hydrogens (tertiary/aromatic N) is 1. The molecule has 0 heterocycles. The summed E-state index contributed by atoms with van der Waals surface area (Å²) in [7, 11) is 0. The average molecular weight is 382 g/mol. The fraction of sp³-hybridized carbons (Fsp3) is 0.286. The van der Waals surface area contributed by atoms with E-state index in [1.807, 2.05) is 13.0 Å². The van der Waals surface area contributed by atoms with Crippen LogP contribution >= 0.6 is 0 Å². The Morgan fingerprint density at radius 3 is 2.39 bits per heavy atom. The number of benzene rings is 2. The summed E-state index contributed by atoms with van der Waals surface area (Å²) in [4.78, 5) is 24.5. The zero-order chi connectivity index (χ0) is 20.5. The number of amides is 1. The lowest BCUT2D eigenvalue weighted by molar-refractivity contribution is -0.159. The maximum atomic E-state index is 12.3. The number of carbonyl (C=O) groups is 2. The Morgan fingerprint density at radius 2 is 1.75 bits per heavy atom. The molecule has 0 fully saturated rings. The number of carbonyl (C=O) groups excluding carboxylic acids is 2. The van der Waals surface area contributed by atoms with E-state index in [-0.39, 0.29) is 0 Å². The maximum absolute atomic E-state index is 12.3. The van der Waals surface area contributed by atoms with Crippen LogP contribution in [0.4, 0.5) is 5.69 Å². The van der Waals surface area contributed by atoms with Gasteiger partial charge in [-0.15, -0.1) is 0 Å². The van der Waals surface area contributed by atoms with Crippen LogP contribution in [-0.4, -0.2) is 30.7 Å². The lowest BCUT2D eigenvalue weighted by atomic mass is 10.2. The van der Waals surface area contributed by atoms with Crippen LogP contribution < -0.4 is 14.8 Å². The van der Waals surface area contributed by atoms with Gasteiger partial charge < -0.3 is 19.5 Å². The molecule has 7 heteroatoms. The zero-order valence-corrected chi connectivity index (χ0v) is 16.0. The molecule has 2 atom stereocenters. The Morgan fingerprint density at radius 1 is 1.07 bits per heavy atom. The van der Waals surface area contributed by atoms with E-state index in [2.05, 4.69) is 5.32 Å². The van der Waals surface area contributed by atoms with Crippen LogP contribution in [0.1, 0.15) is 26.3 Å². The van der Waals surface area contributed by atoms with E-state index in [1.54, 1.807) is 48.5 Å². The molecule has 0 aromatic heterocycles. The van der Waals surface area contributed by atoms with Gasteiger partial charge in [0.05, 0.1) is 23.9 Å². The lowest BCUT2D eigenvalue weighted by Crippen LogP contribution is -2.35. The van der Waals surface area contributed by atoms with Gasteiger partial charge in [-0.05, 0) is 57.2 Å². The molecule has 28 heavy (non-hydrogen) atoms. The van der Waals surface area contributed by atoms with Crippen LogP contribution in [0, 0.1) is 11.3 Å². The molecule has 7 nitrogen and oxygen atoms in total. The molecule has 0 aliphatic heterocycles. The fourth-order valence-electron chi connectivity index (χ4n) is 2.27. The number of nitriles is 1. The Hall–Kier alpha value is -3.53. The van der Waals surface area contributed by atoms with Gasteiger partial charge in [0.15, 0.2) is 12.2 Å². The van der Waals surface area contributed by atoms with Gasteiger partial charge in [0, 0.05) is 0 Å². The van der Waals surface area contributed by atoms with Crippen molar-refractivity contribution in [3.05, 3.63) is 54.1 Å². The number of hydrogen-bond donors (Lipinski definition) is 1. The van der Waals surface area contributed by atoms with Crippen molar-refractivity contribution in [2.75, 3.05) is 11.9 Å². The summed E-state index contributed by atoms with van der Waals surface area (Å²) < 4.78 is 16.1. The van der Waals surface area contributed by atoms with Gasteiger partial charge in [-0.25, -0.2) is 4.79 Å². The van der Waals surface area contributed by atoms with Crippen LogP contribution in [0.2, 0.25) is 0 Å². The van der Waals surface area contributed by atoms with E-state index >= 15 is 0 Å². The number of anilines is 1. The topological polar surface area (TPSA) is 97.7 Å². The second-order valence-electron chi connectivity index (χ2n) is 5.89. The van der Waals surface area contributed by atoms with Crippen molar-refractivity contribution in [3.8, 4) is 17.6 Å². The molecule has 0 spiro atoms. The van der Waals surface area contributed by atoms with Gasteiger partial charge >= 0.3 is 5.97 Å². The molecular formula is C21H22N2O5. The largest absolute Gasteiger partial charge is 0.492 e. The number of para-hydroxylation sites is 2. The van der Waals surface area contributed by atoms with Crippen molar-refractivity contribution < 1.29 is 23.8 Å². The Kier molecular flexibility index (Phi) is 7.40. The Balaban J connectivity index is 1.91. The normalized spacial score (nSPS) is 12.2. The van der Waals surface area contributed by atoms with Gasteiger partial charge in [-0.2, -0.15) is 5.26 Å². The van der Waals surface area contributed by atoms with E-state index in [4.69, 9.17) is 19.5 Å². The SMILES string of the molecule is CCOc1ccccc1NC(=O)[C@@H](C)OC(=O)[C@H](C)Oc1ccc(C#N)cc1. The van der Waals surface area contributed by atoms with Gasteiger partial charge in [0.2, 0.25) is 0 Å². The minimum atomic E-state index is -1.02. The van der Waals surface area contributed by atoms with Gasteiger partial charge in [-0.3, -0.25) is 4.79 Å². The predicted octanol–water partition coefficient (Wildman–Crippen LogP) is 3.29. The summed E-state index contributed by atoms with van der Waals surface area (Å²) >= 11 is 0. The van der Waals surface area contributed by atoms with Gasteiger partial charge in [-0.1, -0.05) is 12.1 Å². The van der Waals surface area contributed by atoms with Crippen molar-refractivity contribution >= 4 is 17.6 Å². The third-order valence-electron chi connectivity index (χ3n) is 3.74. The standard InChI is InChI=1S/C21H22N2O5/c1-4-26-19-8-6-5-7-18(19)23-20(24)14(2)28-21(25)15(3)27-17-11-9-16(13-22)10-12-17/h5-12,14-15H,4H2,1-3H3,(H,23,24)/t14-,15+/m1/s1. The maximum Gasteiger partial charge on any atom is 0.347 e. The molecule has 2 rings (SSSR count). The molecule has 1 amide bonds. The van der Waals surface area contributed by atoms with Gasteiger partial charge in [0.25, 0.3) is 5.91 Å². The summed E-state index contributed by atoms with van der Waals surface area (Å²) in [6.45, 7) is 5.31. The summed E-state index contributed by atoms with van der Waals surface area (Å²) in [5, 5.41) is 11.5. The Labute approximate surface area is 163 Å². The fourth-order valence-corrected chi connectivity index (χ4v) is 2.27. The highest BCUT2D eigenvalue weighted by Gasteiger charge is 2.24. The van der Waals surface area contributed by atoms with Crippen LogP contribution in [0.15, 0.2) is 48.5 Å². The highest BCUT2D eigenvalue weighted by Crippen LogP contribution is 2.24. The molecule has 0 unspecified atom stereocenters. The molecule has 0 radical (unpaired) electrons. The minimum Gasteiger partial charge on any atom is -0.492 e. The van der Waals surface area contributed by atoms with E-state index in [9.17, 15) is 9.59 Å². The first-order chi connectivity index (χ1) is 13.4. The van der Waals surface area contributed by atoms with Crippen molar-refractivity contribution in [1.82, 2.24) is 0 Å². The lowest BCUT2D eigenvalue weighted by Gasteiger charge is -2.18. The summed E-state index contributed by atoms with van der Waals surface area (Å²) in [5.74, 6) is -0.197. The molecular weight excluding hydrogens is 360 g/mol. The zero-order valence-electron chi connectivity index (χ0n) is 16.0. The first kappa shape index (κ1) is 20.8. The highest BCUT2D eigenvalue weighted by atomic mass is 16.6. The van der Waals surface area contributed by atoms with E-state index < -0.39 is 24.1 Å². The Bertz CT molecular complexity index is 858. The summed E-state index contributed by atoms with van der Waals surface area (Å²) in [6.07, 6.45) is -1.94. The van der Waals surface area contributed by atoms with Crippen molar-refractivity contribution in [3.63, 3.8) is 0 Å². The van der Waals surface area contributed by atoms with Gasteiger partial charge in [0.1, 0.15) is 11.5 Å². The molecule has 0 aliphatic carbocycles. The van der Waals surface area contributed by atoms with Crippen LogP contribution in [-0.2, 0) is 14.3 Å². The van der Waals surface area contributed by atoms with E-state index in [1.165, 1.54) is 13.8 Å². The number of hydrogen-bond acceptors (Lipinski definition) is 6. The average Bonchev–Trinajstić information content (AvgIpc) is 2.70. The number of nitrogens with one attached hydrogen (secondary N) is 1. The minimum absolute atomic E-state index is 0.422. The second kappa shape index (κ2) is 9.97. The van der Waals surface area contributed by atoms with Crippen molar-refractivity contribution in [1.29, 1.82) is 5.26 Å². The van der Waals surface area contributed by atoms with Crippen LogP contribution in [0.25, 0.3) is 0 Å². The highest BCUT2D eigenvalue weighted by molar-refractivity contribution is 5.96. The second-order valence-corrected chi connectivity index (χ2v) is 5.89. The number of esters is 1. The monoisotopic (exact) mass is 382 g/mol. The molecule has 0 bridgehead atoms. The molecule has 0 saturated heterocycles. The van der Waals surface area contributed by atoms with Crippen LogP contribution in [0.5, 0.6) is 11.5 Å². The van der Waals surface area contributed by atoms with E-state index in [0.29, 0.717) is 29.4 Å². The molecule has 2 aromatic rings. The first-order valence-electron chi connectivity index (χ1n) is 8.84. The predicted molar refractivity (Wildman–Crippen MR) is 103 cm³/mol. The third-order valence-corrected chi connectivity index (χ3v) is 3.74. The molecule has 0 saturated carbocycles. The summed E-state index contributed by atoms with van der Waals surface area (Å²) in [5.41, 5.74) is 0.985. The molecule has 0 aliphatic rings. The van der Waals surface area contributed by atoms with Crippen molar-refractivity contribution in [2.24, 2.45) is 0 Å².